The largest absolute Gasteiger partial charge is 0.495 e. The van der Waals surface area contributed by atoms with Gasteiger partial charge in [0.15, 0.2) is 0 Å². The number of carbonyl (C=O) groups is 1. The van der Waals surface area contributed by atoms with Crippen molar-refractivity contribution in [1.29, 1.82) is 0 Å². The summed E-state index contributed by atoms with van der Waals surface area (Å²) < 4.78 is 5.18. The van der Waals surface area contributed by atoms with Gasteiger partial charge in [-0.25, -0.2) is 4.79 Å². The Hall–Kier alpha value is -1.75. The molecule has 0 spiro atoms. The number of methoxy groups -OCH3 is 1. The van der Waals surface area contributed by atoms with E-state index in [9.17, 15) is 4.79 Å². The van der Waals surface area contributed by atoms with Crippen molar-refractivity contribution >= 4 is 11.7 Å². The maximum absolute atomic E-state index is 11.9. The fourth-order valence-electron chi connectivity index (χ4n) is 2.13. The zero-order valence-electron chi connectivity index (χ0n) is 10.5. The third-order valence-corrected chi connectivity index (χ3v) is 3.44. The highest BCUT2D eigenvalue weighted by Crippen LogP contribution is 2.31. The number of ether oxygens (including phenoxy) is 1. The molecule has 0 saturated heterocycles. The van der Waals surface area contributed by atoms with Crippen LogP contribution in [0, 0.1) is 0 Å². The van der Waals surface area contributed by atoms with Gasteiger partial charge in [-0.3, -0.25) is 0 Å². The highest BCUT2D eigenvalue weighted by molar-refractivity contribution is 5.91. The molecule has 4 N–H and O–H groups in total. The van der Waals surface area contributed by atoms with Gasteiger partial charge < -0.3 is 21.1 Å². The lowest BCUT2D eigenvalue weighted by Gasteiger charge is -2.41. The Bertz CT molecular complexity index is 424. The van der Waals surface area contributed by atoms with Crippen LogP contribution >= 0.6 is 0 Å². The van der Waals surface area contributed by atoms with Crippen LogP contribution in [0.15, 0.2) is 24.3 Å². The molecule has 1 saturated carbocycles. The number of nitrogens with two attached hydrogens (primary N) is 1. The summed E-state index contributed by atoms with van der Waals surface area (Å²) in [6, 6.07) is 7.08. The lowest BCUT2D eigenvalue weighted by Crippen LogP contribution is -2.59. The first-order chi connectivity index (χ1) is 8.69. The smallest absolute Gasteiger partial charge is 0.319 e. The average Bonchev–Trinajstić information content (AvgIpc) is 2.34. The van der Waals surface area contributed by atoms with Gasteiger partial charge in [0.1, 0.15) is 5.75 Å². The number of carbonyl (C=O) groups excluding carboxylic acids is 1. The third kappa shape index (κ3) is 2.56. The number of urea groups is 1. The minimum absolute atomic E-state index is 0.216. The molecular formula is C13H19N3O2. The van der Waals surface area contributed by atoms with Crippen LogP contribution in [0.3, 0.4) is 0 Å². The van der Waals surface area contributed by atoms with Crippen LogP contribution < -0.4 is 21.1 Å². The molecule has 0 radical (unpaired) electrons. The molecule has 0 unspecified atom stereocenters. The van der Waals surface area contributed by atoms with Gasteiger partial charge in [-0.2, -0.15) is 0 Å². The SMILES string of the molecule is COc1ccccc1NC(=O)NC1(CN)CCC1. The molecule has 1 aliphatic carbocycles. The van der Waals surface area contributed by atoms with Gasteiger partial charge in [-0.05, 0) is 31.4 Å². The van der Waals surface area contributed by atoms with Gasteiger partial charge >= 0.3 is 6.03 Å². The van der Waals surface area contributed by atoms with E-state index in [1.165, 1.54) is 0 Å². The van der Waals surface area contributed by atoms with Crippen LogP contribution in [0.4, 0.5) is 10.5 Å². The van der Waals surface area contributed by atoms with E-state index < -0.39 is 0 Å². The van der Waals surface area contributed by atoms with Crippen molar-refractivity contribution in [3.63, 3.8) is 0 Å². The summed E-state index contributed by atoms with van der Waals surface area (Å²) in [5, 5.41) is 5.74. The molecule has 2 amide bonds. The standard InChI is InChI=1S/C13H19N3O2/c1-18-11-6-3-2-5-10(11)15-12(17)16-13(9-14)7-4-8-13/h2-3,5-6H,4,7-9,14H2,1H3,(H2,15,16,17). The molecular weight excluding hydrogens is 230 g/mol. The fourth-order valence-corrected chi connectivity index (χ4v) is 2.13. The molecule has 18 heavy (non-hydrogen) atoms. The van der Waals surface area contributed by atoms with Gasteiger partial charge in [-0.15, -0.1) is 0 Å². The first kappa shape index (κ1) is 12.7. The molecule has 0 aromatic heterocycles. The van der Waals surface area contributed by atoms with Gasteiger partial charge in [0, 0.05) is 6.54 Å². The molecule has 1 fully saturated rings. The zero-order chi connectivity index (χ0) is 13.0. The predicted octanol–water partition coefficient (Wildman–Crippen LogP) is 1.70. The molecule has 0 heterocycles. The van der Waals surface area contributed by atoms with Crippen molar-refractivity contribution in [2.24, 2.45) is 5.73 Å². The number of benzene rings is 1. The van der Waals surface area contributed by atoms with Gasteiger partial charge in [-0.1, -0.05) is 12.1 Å². The molecule has 5 nitrogen and oxygen atoms in total. The highest BCUT2D eigenvalue weighted by Gasteiger charge is 2.36. The van der Waals surface area contributed by atoms with E-state index in [4.69, 9.17) is 10.5 Å². The Morgan fingerprint density at radius 2 is 2.17 bits per heavy atom. The summed E-state index contributed by atoms with van der Waals surface area (Å²) in [6.45, 7) is 0.479. The second kappa shape index (κ2) is 5.27. The summed E-state index contributed by atoms with van der Waals surface area (Å²) in [5.41, 5.74) is 6.14. The molecule has 0 bridgehead atoms. The minimum atomic E-state index is -0.232. The maximum Gasteiger partial charge on any atom is 0.319 e. The highest BCUT2D eigenvalue weighted by atomic mass is 16.5. The first-order valence-electron chi connectivity index (χ1n) is 6.11. The van der Waals surface area contributed by atoms with E-state index in [-0.39, 0.29) is 11.6 Å². The average molecular weight is 249 g/mol. The summed E-state index contributed by atoms with van der Waals surface area (Å²) in [6.07, 6.45) is 3.01. The lowest BCUT2D eigenvalue weighted by atomic mass is 9.77. The second-order valence-corrected chi connectivity index (χ2v) is 4.62. The number of hydrogen-bond acceptors (Lipinski definition) is 3. The van der Waals surface area contributed by atoms with Gasteiger partial charge in [0.05, 0.1) is 18.3 Å². The van der Waals surface area contributed by atoms with Crippen LogP contribution in [-0.2, 0) is 0 Å². The molecule has 2 rings (SSSR count). The van der Waals surface area contributed by atoms with Crippen molar-refractivity contribution < 1.29 is 9.53 Å². The van der Waals surface area contributed by atoms with Crippen molar-refractivity contribution in [3.8, 4) is 5.75 Å². The molecule has 1 aromatic rings. The number of hydrogen-bond donors (Lipinski definition) is 3. The quantitative estimate of drug-likeness (QED) is 0.760. The summed E-state index contributed by atoms with van der Waals surface area (Å²) in [5.74, 6) is 0.642. The number of nitrogens with one attached hydrogen (secondary N) is 2. The Balaban J connectivity index is 1.98. The van der Waals surface area contributed by atoms with E-state index in [1.54, 1.807) is 19.2 Å². The van der Waals surface area contributed by atoms with Crippen LogP contribution in [-0.4, -0.2) is 25.2 Å². The number of rotatable bonds is 4. The molecule has 0 atom stereocenters. The van der Waals surface area contributed by atoms with Crippen molar-refractivity contribution in [2.75, 3.05) is 19.0 Å². The van der Waals surface area contributed by atoms with Crippen LogP contribution in [0.25, 0.3) is 0 Å². The molecule has 5 heteroatoms. The number of anilines is 1. The number of amides is 2. The van der Waals surface area contributed by atoms with E-state index in [2.05, 4.69) is 10.6 Å². The topological polar surface area (TPSA) is 76.4 Å². The fraction of sp³-hybridized carbons (Fsp3) is 0.462. The maximum atomic E-state index is 11.9. The third-order valence-electron chi connectivity index (χ3n) is 3.44. The second-order valence-electron chi connectivity index (χ2n) is 4.62. The van der Waals surface area contributed by atoms with Crippen LogP contribution in [0.5, 0.6) is 5.75 Å². The summed E-state index contributed by atoms with van der Waals surface area (Å²) in [7, 11) is 1.58. The molecule has 1 aliphatic rings. The minimum Gasteiger partial charge on any atom is -0.495 e. The van der Waals surface area contributed by atoms with E-state index in [0.29, 0.717) is 18.0 Å². The Morgan fingerprint density at radius 3 is 2.72 bits per heavy atom. The van der Waals surface area contributed by atoms with Crippen LogP contribution in [0.1, 0.15) is 19.3 Å². The van der Waals surface area contributed by atoms with E-state index in [1.807, 2.05) is 12.1 Å². The normalized spacial score (nSPS) is 16.6. The number of para-hydroxylation sites is 2. The lowest BCUT2D eigenvalue weighted by molar-refractivity contribution is 0.190. The van der Waals surface area contributed by atoms with Crippen molar-refractivity contribution in [2.45, 2.75) is 24.8 Å². The van der Waals surface area contributed by atoms with Crippen molar-refractivity contribution in [1.82, 2.24) is 5.32 Å². The zero-order valence-corrected chi connectivity index (χ0v) is 10.5. The summed E-state index contributed by atoms with van der Waals surface area (Å²) in [4.78, 5) is 11.9. The van der Waals surface area contributed by atoms with E-state index in [0.717, 1.165) is 19.3 Å². The molecule has 1 aromatic carbocycles. The molecule has 98 valence electrons. The van der Waals surface area contributed by atoms with Gasteiger partial charge in [0.25, 0.3) is 0 Å². The van der Waals surface area contributed by atoms with E-state index >= 15 is 0 Å². The van der Waals surface area contributed by atoms with Crippen LogP contribution in [0.2, 0.25) is 0 Å². The Morgan fingerprint density at radius 1 is 1.44 bits per heavy atom. The van der Waals surface area contributed by atoms with Gasteiger partial charge in [0.2, 0.25) is 0 Å². The summed E-state index contributed by atoms with van der Waals surface area (Å²) >= 11 is 0. The monoisotopic (exact) mass is 249 g/mol. The molecule has 0 aliphatic heterocycles. The van der Waals surface area contributed by atoms with Crippen molar-refractivity contribution in [3.05, 3.63) is 24.3 Å². The first-order valence-corrected chi connectivity index (χ1v) is 6.11. The Kier molecular flexibility index (Phi) is 3.72. The Labute approximate surface area is 107 Å². The predicted molar refractivity (Wildman–Crippen MR) is 70.8 cm³/mol.